The molecule has 116 valence electrons. The van der Waals surface area contributed by atoms with Gasteiger partial charge in [-0.15, -0.1) is 0 Å². The Bertz CT molecular complexity index is 321. The number of hydrogen-bond donors (Lipinski definition) is 1. The lowest BCUT2D eigenvalue weighted by atomic mass is 9.84. The molecule has 0 bridgehead atoms. The van der Waals surface area contributed by atoms with Crippen molar-refractivity contribution in [3.05, 3.63) is 0 Å². The van der Waals surface area contributed by atoms with E-state index in [0.717, 1.165) is 31.8 Å². The van der Waals surface area contributed by atoms with Crippen molar-refractivity contribution < 1.29 is 4.79 Å². The fourth-order valence-corrected chi connectivity index (χ4v) is 4.04. The Kier molecular flexibility index (Phi) is 5.48. The predicted octanol–water partition coefficient (Wildman–Crippen LogP) is 3.32. The summed E-state index contributed by atoms with van der Waals surface area (Å²) < 4.78 is 0. The largest absolute Gasteiger partial charge is 0.339 e. The summed E-state index contributed by atoms with van der Waals surface area (Å²) in [6.07, 6.45) is 10.5. The Balaban J connectivity index is 1.84. The van der Waals surface area contributed by atoms with Gasteiger partial charge in [0.05, 0.1) is 0 Å². The van der Waals surface area contributed by atoms with E-state index in [-0.39, 0.29) is 5.41 Å². The Hall–Kier alpha value is -0.570. The van der Waals surface area contributed by atoms with Crippen LogP contribution in [0, 0.1) is 11.3 Å². The van der Waals surface area contributed by atoms with Crippen LogP contribution in [0.5, 0.6) is 0 Å². The van der Waals surface area contributed by atoms with Gasteiger partial charge < -0.3 is 10.6 Å². The molecule has 3 heteroatoms. The smallest absolute Gasteiger partial charge is 0.222 e. The molecule has 1 amide bonds. The molecule has 3 nitrogen and oxygen atoms in total. The molecule has 1 heterocycles. The molecule has 1 atom stereocenters. The van der Waals surface area contributed by atoms with Gasteiger partial charge in [0.1, 0.15) is 0 Å². The summed E-state index contributed by atoms with van der Waals surface area (Å²) in [6.45, 7) is 6.17. The lowest BCUT2D eigenvalue weighted by molar-refractivity contribution is -0.133. The average molecular weight is 280 g/mol. The summed E-state index contributed by atoms with van der Waals surface area (Å²) in [4.78, 5) is 14.8. The standard InChI is InChI=1S/C17H32N2O/c1-17(2,11-12-18)10-9-16(20)19-13-5-8-15(19)14-6-3-4-7-14/h14-15H,3-13,18H2,1-2H3. The van der Waals surface area contributed by atoms with Crippen LogP contribution in [0.3, 0.4) is 0 Å². The number of nitrogens with zero attached hydrogens (tertiary/aromatic N) is 1. The Morgan fingerprint density at radius 3 is 2.50 bits per heavy atom. The van der Waals surface area contributed by atoms with Gasteiger partial charge in [0, 0.05) is 19.0 Å². The van der Waals surface area contributed by atoms with Gasteiger partial charge in [-0.05, 0) is 56.4 Å². The van der Waals surface area contributed by atoms with Gasteiger partial charge in [-0.2, -0.15) is 0 Å². The fraction of sp³-hybridized carbons (Fsp3) is 0.941. The Labute approximate surface area is 124 Å². The molecule has 0 aromatic rings. The number of carbonyl (C=O) groups excluding carboxylic acids is 1. The van der Waals surface area contributed by atoms with Crippen LogP contribution in [-0.2, 0) is 4.79 Å². The van der Waals surface area contributed by atoms with E-state index in [1.54, 1.807) is 0 Å². The highest BCUT2D eigenvalue weighted by atomic mass is 16.2. The number of carbonyl (C=O) groups is 1. The van der Waals surface area contributed by atoms with Crippen molar-refractivity contribution in [3.8, 4) is 0 Å². The van der Waals surface area contributed by atoms with E-state index in [4.69, 9.17) is 5.73 Å². The molecule has 1 aliphatic heterocycles. The maximum atomic E-state index is 12.6. The number of rotatable bonds is 6. The second-order valence-corrected chi connectivity index (χ2v) is 7.54. The molecule has 2 aliphatic rings. The first-order valence-corrected chi connectivity index (χ1v) is 8.53. The minimum absolute atomic E-state index is 0.201. The van der Waals surface area contributed by atoms with Crippen molar-refractivity contribution in [3.63, 3.8) is 0 Å². The zero-order chi connectivity index (χ0) is 14.6. The van der Waals surface area contributed by atoms with Crippen molar-refractivity contribution in [2.75, 3.05) is 13.1 Å². The van der Waals surface area contributed by atoms with Gasteiger partial charge in [0.15, 0.2) is 0 Å². The summed E-state index contributed by atoms with van der Waals surface area (Å²) in [5.41, 5.74) is 5.85. The van der Waals surface area contributed by atoms with Crippen molar-refractivity contribution in [2.45, 2.75) is 77.7 Å². The van der Waals surface area contributed by atoms with E-state index in [9.17, 15) is 4.79 Å². The maximum Gasteiger partial charge on any atom is 0.222 e. The van der Waals surface area contributed by atoms with E-state index in [1.165, 1.54) is 38.5 Å². The van der Waals surface area contributed by atoms with E-state index in [0.29, 0.717) is 18.4 Å². The third-order valence-corrected chi connectivity index (χ3v) is 5.40. The van der Waals surface area contributed by atoms with Crippen LogP contribution in [0.15, 0.2) is 0 Å². The first-order chi connectivity index (χ1) is 9.53. The molecule has 2 N–H and O–H groups in total. The molecule has 2 rings (SSSR count). The molecular formula is C17H32N2O. The van der Waals surface area contributed by atoms with Crippen molar-refractivity contribution in [1.29, 1.82) is 0 Å². The molecule has 1 unspecified atom stereocenters. The third kappa shape index (κ3) is 3.97. The predicted molar refractivity (Wildman–Crippen MR) is 83.4 cm³/mol. The van der Waals surface area contributed by atoms with Crippen LogP contribution in [-0.4, -0.2) is 29.9 Å². The lowest BCUT2D eigenvalue weighted by Crippen LogP contribution is -2.39. The second kappa shape index (κ2) is 6.93. The number of likely N-dealkylation sites (tertiary alicyclic amines) is 1. The van der Waals surface area contributed by atoms with Crippen LogP contribution >= 0.6 is 0 Å². The summed E-state index contributed by atoms with van der Waals surface area (Å²) in [6, 6.07) is 0.558. The van der Waals surface area contributed by atoms with Crippen LogP contribution < -0.4 is 5.73 Å². The van der Waals surface area contributed by atoms with Gasteiger partial charge in [-0.1, -0.05) is 26.7 Å². The van der Waals surface area contributed by atoms with Crippen LogP contribution in [0.4, 0.5) is 0 Å². The van der Waals surface area contributed by atoms with Crippen LogP contribution in [0.25, 0.3) is 0 Å². The average Bonchev–Trinajstić information content (AvgIpc) is 3.05. The van der Waals surface area contributed by atoms with Crippen molar-refractivity contribution in [1.82, 2.24) is 4.90 Å². The van der Waals surface area contributed by atoms with Gasteiger partial charge >= 0.3 is 0 Å². The highest BCUT2D eigenvalue weighted by molar-refractivity contribution is 5.76. The van der Waals surface area contributed by atoms with E-state index >= 15 is 0 Å². The zero-order valence-corrected chi connectivity index (χ0v) is 13.4. The van der Waals surface area contributed by atoms with Gasteiger partial charge in [0.25, 0.3) is 0 Å². The lowest BCUT2D eigenvalue weighted by Gasteiger charge is -2.31. The molecule has 0 radical (unpaired) electrons. The van der Waals surface area contributed by atoms with E-state index < -0.39 is 0 Å². The number of hydrogen-bond acceptors (Lipinski definition) is 2. The monoisotopic (exact) mass is 280 g/mol. The molecule has 20 heavy (non-hydrogen) atoms. The second-order valence-electron chi connectivity index (χ2n) is 7.54. The Morgan fingerprint density at radius 2 is 1.85 bits per heavy atom. The van der Waals surface area contributed by atoms with E-state index in [2.05, 4.69) is 18.7 Å². The molecule has 0 aromatic heterocycles. The molecule has 1 saturated carbocycles. The third-order valence-electron chi connectivity index (χ3n) is 5.40. The van der Waals surface area contributed by atoms with Crippen molar-refractivity contribution in [2.24, 2.45) is 17.1 Å². The van der Waals surface area contributed by atoms with Gasteiger partial charge in [-0.3, -0.25) is 4.79 Å². The maximum absolute atomic E-state index is 12.6. The number of amides is 1. The molecule has 0 spiro atoms. The Morgan fingerprint density at radius 1 is 1.15 bits per heavy atom. The highest BCUT2D eigenvalue weighted by Gasteiger charge is 2.35. The number of nitrogens with two attached hydrogens (primary N) is 1. The summed E-state index contributed by atoms with van der Waals surface area (Å²) in [7, 11) is 0. The van der Waals surface area contributed by atoms with Crippen LogP contribution in [0.2, 0.25) is 0 Å². The first-order valence-electron chi connectivity index (χ1n) is 8.53. The summed E-state index contributed by atoms with van der Waals surface area (Å²) in [5, 5.41) is 0. The normalized spacial score (nSPS) is 24.6. The first kappa shape index (κ1) is 15.8. The summed E-state index contributed by atoms with van der Waals surface area (Å²) in [5.74, 6) is 1.18. The quantitative estimate of drug-likeness (QED) is 0.811. The minimum Gasteiger partial charge on any atom is -0.339 e. The summed E-state index contributed by atoms with van der Waals surface area (Å²) >= 11 is 0. The van der Waals surface area contributed by atoms with Crippen molar-refractivity contribution >= 4 is 5.91 Å². The van der Waals surface area contributed by atoms with Crippen LogP contribution in [0.1, 0.15) is 71.6 Å². The molecule has 1 aliphatic carbocycles. The van der Waals surface area contributed by atoms with Gasteiger partial charge in [-0.25, -0.2) is 0 Å². The minimum atomic E-state index is 0.201. The topological polar surface area (TPSA) is 46.3 Å². The van der Waals surface area contributed by atoms with E-state index in [1.807, 2.05) is 0 Å². The molecule has 2 fully saturated rings. The molecule has 1 saturated heterocycles. The molecule has 0 aromatic carbocycles. The molecular weight excluding hydrogens is 248 g/mol. The zero-order valence-electron chi connectivity index (χ0n) is 13.4. The SMILES string of the molecule is CC(C)(CCN)CCC(=O)N1CCCC1C1CCCC1. The van der Waals surface area contributed by atoms with Gasteiger partial charge in [0.2, 0.25) is 5.91 Å². The fourth-order valence-electron chi connectivity index (χ4n) is 4.04. The highest BCUT2D eigenvalue weighted by Crippen LogP contribution is 2.36.